The fourth-order valence-corrected chi connectivity index (χ4v) is 6.18. The zero-order valence-electron chi connectivity index (χ0n) is 35.4. The topological polar surface area (TPSA) is 346 Å². The average Bonchev–Trinajstić information content (AvgIpc) is 4.09. The second-order valence-electron chi connectivity index (χ2n) is 13.8. The van der Waals surface area contributed by atoms with Crippen LogP contribution in [0.3, 0.4) is 0 Å². The van der Waals surface area contributed by atoms with Crippen molar-refractivity contribution in [1.29, 1.82) is 0 Å². The first-order valence-electron chi connectivity index (χ1n) is 18.4. The van der Waals surface area contributed by atoms with Crippen LogP contribution in [0.25, 0.3) is 18.0 Å². The van der Waals surface area contributed by atoms with Gasteiger partial charge in [-0.2, -0.15) is 0 Å². The summed E-state index contributed by atoms with van der Waals surface area (Å²) in [5.74, 6) is -2.75. The monoisotopic (exact) mass is 1080 g/mol. The number of amides is 6. The predicted octanol–water partition coefficient (Wildman–Crippen LogP) is 3.76. The van der Waals surface area contributed by atoms with Crippen LogP contribution >= 0.6 is 9.42 Å². The van der Waals surface area contributed by atoms with E-state index in [1.165, 1.54) is 42.9 Å². The molecule has 27 heteroatoms. The zero-order valence-corrected chi connectivity index (χ0v) is 38.4. The minimum atomic E-state index is -0.891. The Labute approximate surface area is 381 Å². The Hall–Kier alpha value is -6.89. The minimum absolute atomic E-state index is 0. The van der Waals surface area contributed by atoms with Gasteiger partial charge < -0.3 is 82.7 Å². The molecule has 64 heavy (non-hydrogen) atoms. The molecule has 347 valence electrons. The van der Waals surface area contributed by atoms with Crippen molar-refractivity contribution in [3.05, 3.63) is 115 Å². The maximum atomic E-state index is 13.3. The molecule has 1 unspecified atom stereocenters. The van der Waals surface area contributed by atoms with Gasteiger partial charge in [-0.1, -0.05) is 6.67 Å². The molecule has 0 bridgehead atoms. The number of aromatic nitrogens is 9. The molecule has 0 aliphatic rings. The van der Waals surface area contributed by atoms with Gasteiger partial charge in [0, 0.05) is 98.4 Å². The molecular weight excluding hydrogens is 1040 g/mol. The molecule has 0 saturated heterocycles. The normalized spacial score (nSPS) is 10.9. The molecular formula is C37H48ClN19O6Pt-3. The van der Waals surface area contributed by atoms with Gasteiger partial charge in [0.2, 0.25) is 17.6 Å². The fourth-order valence-electron chi connectivity index (χ4n) is 6.18. The van der Waals surface area contributed by atoms with Crippen LogP contribution in [0.4, 0.5) is 28.7 Å². The molecule has 6 aromatic heterocycles. The predicted molar refractivity (Wildman–Crippen MR) is 236 cm³/mol. The van der Waals surface area contributed by atoms with E-state index in [9.17, 15) is 28.8 Å². The van der Waals surface area contributed by atoms with E-state index in [1.54, 1.807) is 106 Å². The van der Waals surface area contributed by atoms with E-state index in [0.717, 1.165) is 0 Å². The number of imidazole rings is 3. The van der Waals surface area contributed by atoms with Crippen molar-refractivity contribution < 1.29 is 47.5 Å². The first-order chi connectivity index (χ1) is 29.6. The summed E-state index contributed by atoms with van der Waals surface area (Å²) in [6.07, 6.45) is 12.8. The Bertz CT molecular complexity index is 2600. The molecule has 6 heterocycles. The Morgan fingerprint density at radius 2 is 1.14 bits per heavy atom. The quantitative estimate of drug-likeness (QED) is 0.0736. The second kappa shape index (κ2) is 23.0. The van der Waals surface area contributed by atoms with Crippen molar-refractivity contribution in [2.75, 3.05) is 39.8 Å². The molecule has 1 atom stereocenters. The molecule has 0 radical (unpaired) electrons. The number of carbonyl (C=O) groups excluding carboxylic acids is 6. The number of halogens is 1. The number of aryl methyl sites for hydroxylation is 6. The molecule has 0 saturated carbocycles. The fraction of sp³-hybridized carbons (Fsp3) is 0.270. The molecule has 6 amide bonds. The number of anilines is 5. The van der Waals surface area contributed by atoms with E-state index in [1.807, 2.05) is 7.05 Å². The Balaban J connectivity index is 0.00000268. The van der Waals surface area contributed by atoms with Gasteiger partial charge in [0.1, 0.15) is 11.4 Å². The molecule has 6 aromatic rings. The average molecular weight is 1090 g/mol. The smallest absolute Gasteiger partial charge is 0.693 e. The number of nitrogens with one attached hydrogen (secondary N) is 8. The van der Waals surface area contributed by atoms with Crippen LogP contribution in [0, 0.1) is 0 Å². The summed E-state index contributed by atoms with van der Waals surface area (Å²) in [4.78, 5) is 90.4. The molecule has 25 nitrogen and oxygen atoms in total. The molecule has 0 aliphatic carbocycles. The summed E-state index contributed by atoms with van der Waals surface area (Å²) in [6.45, 7) is -0.267. The standard InChI is InChI=1S/C37H44N17O6.ClH.2H2N.Pt/c1-49-11-8-21(15-49)42-33(56)25-14-23(17-52(25)4)44-34(57)26-13-22(16-51(26)3)43-32(55)24(41-20-38)7-9-40-35(58)30-45-27(18-53(30)5)48-37(60)31-46-28(19-54(31)6)47-36(59)29-39-10-12-50(29)2;;;;/h8,10-19,24,38,41H,7,9,20H2,1-6H3,(H,40,58)(H,42,56)(H,43,55)(H,44,57)(H,47,59)(H,48,60);1H;2*1H2;/q-1;;2*-1;+1/p-1. The van der Waals surface area contributed by atoms with E-state index in [0.29, 0.717) is 22.8 Å². The Kier molecular flexibility index (Phi) is 18.5. The van der Waals surface area contributed by atoms with Crippen molar-refractivity contribution in [2.24, 2.45) is 42.3 Å². The first kappa shape index (κ1) is 51.5. The van der Waals surface area contributed by atoms with Crippen molar-refractivity contribution in [3.63, 3.8) is 0 Å². The van der Waals surface area contributed by atoms with Crippen LogP contribution in [0.1, 0.15) is 59.3 Å². The second-order valence-corrected chi connectivity index (χ2v) is 13.8. The number of nitrogens with zero attached hydrogens (tertiary/aromatic N) is 9. The molecule has 12 N–H and O–H groups in total. The SMILES string of the molecule is Cn1ccc(NC(=O)c2cc(NC(=O)c3cc(NC(=O)C(CCNC(=O)c4nc(NC(=O)c5nc(NC(=O)c6nccn6C)cn5C)cn4C)NC[NH-])cn3C)cn2C)c1.[Cl][Pt].[NH2-].[NH2-]. The van der Waals surface area contributed by atoms with E-state index in [2.05, 4.69) is 61.6 Å². The van der Waals surface area contributed by atoms with Gasteiger partial charge in [0.25, 0.3) is 29.5 Å². The summed E-state index contributed by atoms with van der Waals surface area (Å²) in [5.41, 5.74) is 9.55. The van der Waals surface area contributed by atoms with Gasteiger partial charge >= 0.3 is 28.2 Å². The van der Waals surface area contributed by atoms with Crippen LogP contribution in [-0.4, -0.2) is 97.1 Å². The number of rotatable bonds is 16. The summed E-state index contributed by atoms with van der Waals surface area (Å²) in [7, 11) is 14.6. The van der Waals surface area contributed by atoms with E-state index >= 15 is 0 Å². The summed E-state index contributed by atoms with van der Waals surface area (Å²) in [6, 6.07) is 3.92. The van der Waals surface area contributed by atoms with Gasteiger partial charge in [-0.3, -0.25) is 28.8 Å². The number of carbonyl (C=O) groups is 6. The maximum absolute atomic E-state index is 13.3. The van der Waals surface area contributed by atoms with E-state index in [4.69, 9.17) is 5.73 Å². The largest absolute Gasteiger partial charge is 0.693 e. The van der Waals surface area contributed by atoms with E-state index in [-0.39, 0.29) is 72.6 Å². The molecule has 0 spiro atoms. The molecule has 0 aromatic carbocycles. The molecule has 6 rings (SSSR count). The Morgan fingerprint density at radius 3 is 1.64 bits per heavy atom. The van der Waals surface area contributed by atoms with Gasteiger partial charge in [0.05, 0.1) is 23.1 Å². The van der Waals surface area contributed by atoms with Crippen LogP contribution in [0.5, 0.6) is 0 Å². The third kappa shape index (κ3) is 12.6. The minimum Gasteiger partial charge on any atom is -0.693 e. The van der Waals surface area contributed by atoms with Crippen LogP contribution in [0.15, 0.2) is 67.8 Å². The summed E-state index contributed by atoms with van der Waals surface area (Å²) in [5, 5.41) is 19.0. The van der Waals surface area contributed by atoms with Crippen molar-refractivity contribution in [3.8, 4) is 0 Å². The number of hydrogen-bond acceptors (Lipinski definition) is 10. The summed E-state index contributed by atoms with van der Waals surface area (Å²) < 4.78 is 9.30. The van der Waals surface area contributed by atoms with Crippen molar-refractivity contribution in [1.82, 2.24) is 53.0 Å². The zero-order chi connectivity index (χ0) is 45.2. The number of hydrogen-bond donors (Lipinski definition) is 7. The molecule has 0 aliphatic heterocycles. The third-order valence-corrected chi connectivity index (χ3v) is 9.14. The van der Waals surface area contributed by atoms with Gasteiger partial charge in [-0.25, -0.2) is 15.0 Å². The molecule has 0 fully saturated rings. The third-order valence-electron chi connectivity index (χ3n) is 9.14. The van der Waals surface area contributed by atoms with Gasteiger partial charge in [-0.05, 0) is 24.6 Å². The van der Waals surface area contributed by atoms with Crippen LogP contribution in [0.2, 0.25) is 0 Å². The van der Waals surface area contributed by atoms with Crippen LogP contribution < -0.4 is 37.2 Å². The van der Waals surface area contributed by atoms with Crippen LogP contribution in [-0.2, 0) is 65.9 Å². The Morgan fingerprint density at radius 1 is 0.625 bits per heavy atom. The first-order valence-corrected chi connectivity index (χ1v) is 21.2. The summed E-state index contributed by atoms with van der Waals surface area (Å²) >= 11 is 1.61. The van der Waals surface area contributed by atoms with Gasteiger partial charge in [-0.15, -0.1) is 0 Å². The van der Waals surface area contributed by atoms with Crippen molar-refractivity contribution in [2.45, 2.75) is 12.5 Å². The van der Waals surface area contributed by atoms with E-state index < -0.39 is 35.6 Å². The van der Waals surface area contributed by atoms with Gasteiger partial charge in [0.15, 0.2) is 17.5 Å². The maximum Gasteiger partial charge on any atom is -0.693 e. The van der Waals surface area contributed by atoms with Crippen molar-refractivity contribution >= 4 is 73.6 Å². The number of nitrogens with two attached hydrogens (primary N) is 2.